The number of fused-ring (bicyclic) bond motifs is 1. The molecule has 2 aromatic carbocycles. The van der Waals surface area contributed by atoms with Crippen LogP contribution in [-0.4, -0.2) is 38.6 Å². The maximum absolute atomic E-state index is 13.1. The van der Waals surface area contributed by atoms with Gasteiger partial charge in [0.2, 0.25) is 0 Å². The van der Waals surface area contributed by atoms with Crippen molar-refractivity contribution < 1.29 is 8.42 Å². The summed E-state index contributed by atoms with van der Waals surface area (Å²) in [6.07, 6.45) is 1.59. The predicted octanol–water partition coefficient (Wildman–Crippen LogP) is 2.58. The molecule has 3 aromatic rings. The van der Waals surface area contributed by atoms with E-state index in [1.165, 1.54) is 16.1 Å². The first kappa shape index (κ1) is 19.2. The number of nitriles is 1. The zero-order valence-corrected chi connectivity index (χ0v) is 16.1. The first-order chi connectivity index (χ1) is 12.6. The van der Waals surface area contributed by atoms with E-state index in [4.69, 9.17) is 5.26 Å². The van der Waals surface area contributed by atoms with Crippen molar-refractivity contribution in [2.24, 2.45) is 0 Å². The largest absolute Gasteiger partial charge is 0.368 e. The highest BCUT2D eigenvalue weighted by molar-refractivity contribution is 7.90. The minimum Gasteiger partial charge on any atom is -0.368 e. The fourth-order valence-corrected chi connectivity index (χ4v) is 4.75. The lowest BCUT2D eigenvalue weighted by Crippen LogP contribution is -2.43. The first-order valence-electron chi connectivity index (χ1n) is 8.43. The molecule has 0 spiro atoms. The molecule has 2 heterocycles. The molecule has 0 bridgehead atoms. The molecule has 1 N–H and O–H groups in total. The monoisotopic (exact) mass is 402 g/mol. The molecule has 8 heteroatoms. The third-order valence-corrected chi connectivity index (χ3v) is 6.34. The van der Waals surface area contributed by atoms with E-state index in [0.717, 1.165) is 37.3 Å². The number of halogens is 1. The Balaban J connectivity index is 0.00000210. The Hall–Kier alpha value is -2.53. The van der Waals surface area contributed by atoms with Crippen LogP contribution in [-0.2, 0) is 10.0 Å². The average Bonchev–Trinajstić information content (AvgIpc) is 3.13. The molecule has 1 aliphatic heterocycles. The molecule has 27 heavy (non-hydrogen) atoms. The van der Waals surface area contributed by atoms with Gasteiger partial charge in [-0.25, -0.2) is 12.4 Å². The van der Waals surface area contributed by atoms with Crippen LogP contribution in [0.4, 0.5) is 5.69 Å². The van der Waals surface area contributed by atoms with E-state index in [0.29, 0.717) is 11.1 Å². The van der Waals surface area contributed by atoms with Crippen molar-refractivity contribution in [3.05, 3.63) is 60.3 Å². The topological polar surface area (TPSA) is 78.1 Å². The van der Waals surface area contributed by atoms with Gasteiger partial charge in [-0.2, -0.15) is 5.26 Å². The first-order valence-corrected chi connectivity index (χ1v) is 9.87. The molecule has 1 saturated heterocycles. The second-order valence-electron chi connectivity index (χ2n) is 6.20. The van der Waals surface area contributed by atoms with Gasteiger partial charge < -0.3 is 10.2 Å². The molecule has 1 aliphatic rings. The lowest BCUT2D eigenvalue weighted by Gasteiger charge is -2.30. The molecule has 1 fully saturated rings. The molecule has 0 saturated carbocycles. The SMILES string of the molecule is Cl.N#Cc1cccc(S(=O)(=O)n2ccc3c(N4CCNCC4)cccc32)c1. The number of nitrogens with zero attached hydrogens (tertiary/aromatic N) is 3. The number of piperazine rings is 1. The van der Waals surface area contributed by atoms with Gasteiger partial charge in [0.1, 0.15) is 0 Å². The summed E-state index contributed by atoms with van der Waals surface area (Å²) in [5.41, 5.74) is 2.01. The summed E-state index contributed by atoms with van der Waals surface area (Å²) in [5.74, 6) is 0. The summed E-state index contributed by atoms with van der Waals surface area (Å²) >= 11 is 0. The van der Waals surface area contributed by atoms with Gasteiger partial charge in [-0.1, -0.05) is 12.1 Å². The maximum Gasteiger partial charge on any atom is 0.268 e. The molecule has 0 radical (unpaired) electrons. The zero-order chi connectivity index (χ0) is 18.1. The van der Waals surface area contributed by atoms with Crippen LogP contribution < -0.4 is 10.2 Å². The van der Waals surface area contributed by atoms with Crippen LogP contribution in [0.3, 0.4) is 0 Å². The van der Waals surface area contributed by atoms with Crippen molar-refractivity contribution in [2.45, 2.75) is 4.90 Å². The minimum absolute atomic E-state index is 0. The molecule has 0 amide bonds. The van der Waals surface area contributed by atoms with Crippen LogP contribution in [0.5, 0.6) is 0 Å². The van der Waals surface area contributed by atoms with Crippen LogP contribution in [0.2, 0.25) is 0 Å². The molecular weight excluding hydrogens is 384 g/mol. The summed E-state index contributed by atoms with van der Waals surface area (Å²) in [4.78, 5) is 2.38. The van der Waals surface area contributed by atoms with E-state index in [1.54, 1.807) is 18.3 Å². The minimum atomic E-state index is -3.77. The van der Waals surface area contributed by atoms with E-state index >= 15 is 0 Å². The fraction of sp³-hybridized carbons (Fsp3) is 0.211. The number of aromatic nitrogens is 1. The Morgan fingerprint density at radius 2 is 1.78 bits per heavy atom. The maximum atomic E-state index is 13.1. The van der Waals surface area contributed by atoms with Crippen molar-refractivity contribution in [1.29, 1.82) is 5.26 Å². The second kappa shape index (κ2) is 7.61. The molecule has 6 nitrogen and oxygen atoms in total. The Labute approximate surface area is 164 Å². The highest BCUT2D eigenvalue weighted by Gasteiger charge is 2.21. The summed E-state index contributed by atoms with van der Waals surface area (Å²) < 4.78 is 27.5. The van der Waals surface area contributed by atoms with Gasteiger partial charge in [0.05, 0.1) is 22.0 Å². The molecule has 140 valence electrons. The molecule has 1 aromatic heterocycles. The standard InChI is InChI=1S/C19H18N4O2S.ClH/c20-14-15-3-1-4-16(13-15)26(24,25)23-10-7-17-18(5-2-6-19(17)23)22-11-8-21-9-12-22;/h1-7,10,13,21H,8-9,11-12H2;1H. The molecule has 4 rings (SSSR count). The van der Waals surface area contributed by atoms with Crippen LogP contribution in [0.15, 0.2) is 59.6 Å². The van der Waals surface area contributed by atoms with Gasteiger partial charge in [-0.3, -0.25) is 0 Å². The highest BCUT2D eigenvalue weighted by atomic mass is 35.5. The third kappa shape index (κ3) is 3.39. The molecular formula is C19H19ClN4O2S. The van der Waals surface area contributed by atoms with Crippen molar-refractivity contribution in [2.75, 3.05) is 31.1 Å². The third-order valence-electron chi connectivity index (χ3n) is 4.65. The van der Waals surface area contributed by atoms with Crippen molar-refractivity contribution >= 4 is 39.0 Å². The number of hydrogen-bond acceptors (Lipinski definition) is 5. The normalized spacial score (nSPS) is 14.6. The molecule has 0 aliphatic carbocycles. The van der Waals surface area contributed by atoms with E-state index in [-0.39, 0.29) is 17.3 Å². The summed E-state index contributed by atoms with van der Waals surface area (Å²) in [6.45, 7) is 3.61. The van der Waals surface area contributed by atoms with E-state index in [2.05, 4.69) is 10.2 Å². The van der Waals surface area contributed by atoms with E-state index in [9.17, 15) is 8.42 Å². The average molecular weight is 403 g/mol. The van der Waals surface area contributed by atoms with Crippen molar-refractivity contribution in [3.8, 4) is 6.07 Å². The Bertz CT molecular complexity index is 1110. The number of nitrogens with one attached hydrogen (secondary N) is 1. The van der Waals surface area contributed by atoms with Crippen molar-refractivity contribution in [1.82, 2.24) is 9.29 Å². The quantitative estimate of drug-likeness (QED) is 0.728. The molecule has 0 atom stereocenters. The summed E-state index contributed by atoms with van der Waals surface area (Å²) in [6, 6.07) is 15.7. The van der Waals surface area contributed by atoms with Crippen LogP contribution >= 0.6 is 12.4 Å². The predicted molar refractivity (Wildman–Crippen MR) is 108 cm³/mol. The van der Waals surface area contributed by atoms with Crippen LogP contribution in [0.25, 0.3) is 10.9 Å². The van der Waals surface area contributed by atoms with Gasteiger partial charge >= 0.3 is 0 Å². The van der Waals surface area contributed by atoms with Gasteiger partial charge in [0, 0.05) is 43.4 Å². The van der Waals surface area contributed by atoms with E-state index < -0.39 is 10.0 Å². The lowest BCUT2D eigenvalue weighted by molar-refractivity contribution is 0.588. The van der Waals surface area contributed by atoms with Crippen molar-refractivity contribution in [3.63, 3.8) is 0 Å². The Morgan fingerprint density at radius 1 is 1.04 bits per heavy atom. The summed E-state index contributed by atoms with van der Waals surface area (Å²) in [7, 11) is -3.77. The van der Waals surface area contributed by atoms with Gasteiger partial charge in [-0.05, 0) is 36.4 Å². The Morgan fingerprint density at radius 3 is 2.52 bits per heavy atom. The summed E-state index contributed by atoms with van der Waals surface area (Å²) in [5, 5.41) is 13.3. The van der Waals surface area contributed by atoms with Gasteiger partial charge in [-0.15, -0.1) is 12.4 Å². The second-order valence-corrected chi connectivity index (χ2v) is 8.02. The van der Waals surface area contributed by atoms with Gasteiger partial charge in [0.15, 0.2) is 0 Å². The highest BCUT2D eigenvalue weighted by Crippen LogP contribution is 2.30. The number of anilines is 1. The van der Waals surface area contributed by atoms with Gasteiger partial charge in [0.25, 0.3) is 10.0 Å². The lowest BCUT2D eigenvalue weighted by atomic mass is 10.2. The smallest absolute Gasteiger partial charge is 0.268 e. The fourth-order valence-electron chi connectivity index (χ4n) is 3.36. The molecule has 0 unspecified atom stereocenters. The zero-order valence-electron chi connectivity index (χ0n) is 14.5. The van der Waals surface area contributed by atoms with Crippen LogP contribution in [0, 0.1) is 11.3 Å². The van der Waals surface area contributed by atoms with Crippen LogP contribution in [0.1, 0.15) is 5.56 Å². The van der Waals surface area contributed by atoms with E-state index in [1.807, 2.05) is 30.3 Å². The Kier molecular flexibility index (Phi) is 5.42. The number of benzene rings is 2. The number of hydrogen-bond donors (Lipinski definition) is 1. The number of rotatable bonds is 3.